The molecule has 1 aliphatic rings. The maximum absolute atomic E-state index is 12.3. The van der Waals surface area contributed by atoms with Crippen molar-refractivity contribution in [3.05, 3.63) is 69.8 Å². The van der Waals surface area contributed by atoms with Crippen LogP contribution in [0.1, 0.15) is 43.4 Å². The van der Waals surface area contributed by atoms with E-state index in [-0.39, 0.29) is 29.2 Å². The van der Waals surface area contributed by atoms with Gasteiger partial charge in [0.1, 0.15) is 5.75 Å². The number of amides is 1. The zero-order valence-electron chi connectivity index (χ0n) is 16.7. The van der Waals surface area contributed by atoms with Crippen LogP contribution in [0.3, 0.4) is 0 Å². The van der Waals surface area contributed by atoms with E-state index < -0.39 is 0 Å². The number of non-ortho nitro benzene ring substituents is 1. The number of hydrogen-bond acceptors (Lipinski definition) is 5. The molecule has 0 aromatic heterocycles. The molecule has 3 rings (SSSR count). The zero-order valence-corrected chi connectivity index (χ0v) is 16.7. The summed E-state index contributed by atoms with van der Waals surface area (Å²) in [5.41, 5.74) is 1.91. The lowest BCUT2D eigenvalue weighted by atomic mass is 10.0. The van der Waals surface area contributed by atoms with Crippen molar-refractivity contribution in [2.45, 2.75) is 38.8 Å². The summed E-state index contributed by atoms with van der Waals surface area (Å²) >= 11 is 0. The van der Waals surface area contributed by atoms with Crippen molar-refractivity contribution in [2.24, 2.45) is 0 Å². The van der Waals surface area contributed by atoms with Crippen molar-refractivity contribution in [3.8, 4) is 5.75 Å². The number of rotatable bonds is 9. The molecule has 29 heavy (non-hydrogen) atoms. The molecule has 1 saturated heterocycles. The van der Waals surface area contributed by atoms with Crippen LogP contribution in [0.5, 0.6) is 5.75 Å². The van der Waals surface area contributed by atoms with Gasteiger partial charge in [0.25, 0.3) is 11.6 Å². The molecular formula is C22H27N3O4. The highest BCUT2D eigenvalue weighted by atomic mass is 16.6. The van der Waals surface area contributed by atoms with Crippen LogP contribution in [-0.2, 0) is 11.3 Å². The lowest BCUT2D eigenvalue weighted by molar-refractivity contribution is -0.384. The second kappa shape index (κ2) is 10.0. The number of likely N-dealkylation sites (tertiary alicyclic amines) is 1. The van der Waals surface area contributed by atoms with Crippen LogP contribution in [0.4, 0.5) is 5.69 Å². The summed E-state index contributed by atoms with van der Waals surface area (Å²) < 4.78 is 5.88. The number of hydrogen-bond donors (Lipinski definition) is 1. The Hall–Kier alpha value is -2.93. The largest absolute Gasteiger partial charge is 0.483 e. The highest BCUT2D eigenvalue weighted by Crippen LogP contribution is 2.28. The van der Waals surface area contributed by atoms with Crippen LogP contribution in [0.25, 0.3) is 0 Å². The first kappa shape index (κ1) is 20.8. The Kier molecular flexibility index (Phi) is 7.19. The molecule has 1 fully saturated rings. The summed E-state index contributed by atoms with van der Waals surface area (Å²) in [7, 11) is 0. The lowest BCUT2D eigenvalue weighted by Gasteiger charge is -2.22. The third kappa shape index (κ3) is 5.54. The van der Waals surface area contributed by atoms with Gasteiger partial charge in [0.15, 0.2) is 6.61 Å². The fourth-order valence-corrected chi connectivity index (χ4v) is 3.59. The second-order valence-corrected chi connectivity index (χ2v) is 7.18. The third-order valence-corrected chi connectivity index (χ3v) is 5.19. The summed E-state index contributed by atoms with van der Waals surface area (Å²) in [6.45, 7) is 4.23. The van der Waals surface area contributed by atoms with E-state index in [9.17, 15) is 14.9 Å². The van der Waals surface area contributed by atoms with Gasteiger partial charge in [-0.25, -0.2) is 0 Å². The molecule has 1 atom stereocenters. The van der Waals surface area contributed by atoms with Crippen LogP contribution in [-0.4, -0.2) is 35.4 Å². The van der Waals surface area contributed by atoms with E-state index in [1.54, 1.807) is 12.1 Å². The minimum absolute atomic E-state index is 0.00681. The molecule has 0 saturated carbocycles. The molecule has 1 unspecified atom stereocenters. The number of nitrogens with zero attached hydrogens (tertiary/aromatic N) is 2. The Bertz CT molecular complexity index is 849. The van der Waals surface area contributed by atoms with Gasteiger partial charge in [0.2, 0.25) is 0 Å². The van der Waals surface area contributed by atoms with Crippen molar-refractivity contribution in [2.75, 3.05) is 19.7 Å². The molecule has 7 heteroatoms. The quantitative estimate of drug-likeness (QED) is 0.513. The highest BCUT2D eigenvalue weighted by molar-refractivity contribution is 5.78. The predicted molar refractivity (Wildman–Crippen MR) is 111 cm³/mol. The maximum atomic E-state index is 12.3. The van der Waals surface area contributed by atoms with E-state index in [1.165, 1.54) is 6.07 Å². The summed E-state index contributed by atoms with van der Waals surface area (Å²) in [4.78, 5) is 24.7. The van der Waals surface area contributed by atoms with Gasteiger partial charge in [0, 0.05) is 43.4 Å². The van der Waals surface area contributed by atoms with Gasteiger partial charge in [-0.15, -0.1) is 0 Å². The smallest absolute Gasteiger partial charge is 0.269 e. The van der Waals surface area contributed by atoms with Crippen molar-refractivity contribution in [1.82, 2.24) is 10.2 Å². The molecule has 1 N–H and O–H groups in total. The summed E-state index contributed by atoms with van der Waals surface area (Å²) in [5, 5.41) is 14.4. The van der Waals surface area contributed by atoms with Gasteiger partial charge < -0.3 is 15.0 Å². The molecule has 2 aromatic carbocycles. The molecule has 2 aromatic rings. The molecule has 0 aliphatic carbocycles. The van der Waals surface area contributed by atoms with Crippen molar-refractivity contribution >= 4 is 11.6 Å². The van der Waals surface area contributed by atoms with Gasteiger partial charge in [0.05, 0.1) is 4.92 Å². The standard InChI is InChI=1S/C22H27N3O4/c1-2-20(23-15-17-8-7-9-18(14-17)25(27)28)19-10-3-4-11-21(19)29-16-22(26)24-12-5-6-13-24/h3-4,7-11,14,20,23H,2,5-6,12-13,15-16H2,1H3. The first-order chi connectivity index (χ1) is 14.1. The van der Waals surface area contributed by atoms with Crippen molar-refractivity contribution in [1.29, 1.82) is 0 Å². The summed E-state index contributed by atoms with van der Waals surface area (Å²) in [6, 6.07) is 14.3. The number of nitro benzene ring substituents is 1. The molecule has 0 bridgehead atoms. The van der Waals surface area contributed by atoms with Crippen LogP contribution in [0.15, 0.2) is 48.5 Å². The average Bonchev–Trinajstić information content (AvgIpc) is 3.28. The Labute approximate surface area is 170 Å². The third-order valence-electron chi connectivity index (χ3n) is 5.19. The van der Waals surface area contributed by atoms with E-state index in [4.69, 9.17) is 4.74 Å². The number of nitro groups is 1. The van der Waals surface area contributed by atoms with E-state index in [0.717, 1.165) is 43.5 Å². The fraction of sp³-hybridized carbons (Fsp3) is 0.409. The van der Waals surface area contributed by atoms with Gasteiger partial charge >= 0.3 is 0 Å². The lowest BCUT2D eigenvalue weighted by Crippen LogP contribution is -2.32. The summed E-state index contributed by atoms with van der Waals surface area (Å²) in [5.74, 6) is 0.716. The van der Waals surface area contributed by atoms with E-state index in [1.807, 2.05) is 35.2 Å². The molecular weight excluding hydrogens is 370 g/mol. The molecule has 7 nitrogen and oxygen atoms in total. The maximum Gasteiger partial charge on any atom is 0.269 e. The monoisotopic (exact) mass is 397 g/mol. The Morgan fingerprint density at radius 3 is 2.69 bits per heavy atom. The molecule has 1 heterocycles. The first-order valence-electron chi connectivity index (χ1n) is 10.0. The molecule has 0 spiro atoms. The number of nitrogens with one attached hydrogen (secondary N) is 1. The minimum atomic E-state index is -0.388. The Morgan fingerprint density at radius 2 is 1.97 bits per heavy atom. The minimum Gasteiger partial charge on any atom is -0.483 e. The average molecular weight is 397 g/mol. The number of benzene rings is 2. The van der Waals surface area contributed by atoms with Gasteiger partial charge in [-0.2, -0.15) is 0 Å². The molecule has 0 radical (unpaired) electrons. The second-order valence-electron chi connectivity index (χ2n) is 7.18. The number of para-hydroxylation sites is 1. The topological polar surface area (TPSA) is 84.7 Å². The molecule has 1 amide bonds. The Balaban J connectivity index is 1.65. The number of carbonyl (C=O) groups is 1. The van der Waals surface area contributed by atoms with Crippen molar-refractivity contribution in [3.63, 3.8) is 0 Å². The SMILES string of the molecule is CCC(NCc1cccc([N+](=O)[O-])c1)c1ccccc1OCC(=O)N1CCCC1. The number of carbonyl (C=O) groups excluding carboxylic acids is 1. The zero-order chi connectivity index (χ0) is 20.6. The van der Waals surface area contributed by atoms with E-state index in [2.05, 4.69) is 12.2 Å². The van der Waals surface area contributed by atoms with Gasteiger partial charge in [-0.05, 0) is 30.9 Å². The highest BCUT2D eigenvalue weighted by Gasteiger charge is 2.20. The first-order valence-corrected chi connectivity index (χ1v) is 10.0. The molecule has 154 valence electrons. The normalized spacial score (nSPS) is 14.6. The number of ether oxygens (including phenoxy) is 1. The van der Waals surface area contributed by atoms with Gasteiger partial charge in [-0.3, -0.25) is 14.9 Å². The van der Waals surface area contributed by atoms with E-state index in [0.29, 0.717) is 12.3 Å². The van der Waals surface area contributed by atoms with Crippen LogP contribution >= 0.6 is 0 Å². The Morgan fingerprint density at radius 1 is 1.21 bits per heavy atom. The fourth-order valence-electron chi connectivity index (χ4n) is 3.59. The van der Waals surface area contributed by atoms with E-state index >= 15 is 0 Å². The van der Waals surface area contributed by atoms with Gasteiger partial charge in [-0.1, -0.05) is 37.3 Å². The molecule has 1 aliphatic heterocycles. The van der Waals surface area contributed by atoms with Crippen LogP contribution < -0.4 is 10.1 Å². The summed E-state index contributed by atoms with van der Waals surface area (Å²) in [6.07, 6.45) is 2.93. The van der Waals surface area contributed by atoms with Crippen LogP contribution in [0.2, 0.25) is 0 Å². The van der Waals surface area contributed by atoms with Crippen LogP contribution in [0, 0.1) is 10.1 Å². The van der Waals surface area contributed by atoms with Crippen molar-refractivity contribution < 1.29 is 14.5 Å². The predicted octanol–water partition coefficient (Wildman–Crippen LogP) is 3.84.